The van der Waals surface area contributed by atoms with Gasteiger partial charge in [0.1, 0.15) is 11.4 Å². The van der Waals surface area contributed by atoms with Crippen molar-refractivity contribution < 1.29 is 14.7 Å². The standard InChI is InChI=1S/C23H17N5O3/c1-15-20(26-25-19-11-9-17(10-12-19)23(30)31)21(16-6-3-2-4-7-16)28(27-15)22(29)18-8-5-13-24-14-18/h2-14H,1H3,(H,30,31). The molecule has 0 aliphatic heterocycles. The third-order valence-electron chi connectivity index (χ3n) is 4.56. The Bertz CT molecular complexity index is 1260. The van der Waals surface area contributed by atoms with Crippen LogP contribution in [0.15, 0.2) is 89.4 Å². The lowest BCUT2D eigenvalue weighted by Gasteiger charge is -2.07. The Labute approximate surface area is 177 Å². The molecular weight excluding hydrogens is 394 g/mol. The predicted octanol–water partition coefficient (Wildman–Crippen LogP) is 5.06. The zero-order valence-corrected chi connectivity index (χ0v) is 16.5. The van der Waals surface area contributed by atoms with E-state index in [9.17, 15) is 9.59 Å². The number of aromatic carboxylic acids is 1. The molecular formula is C23H17N5O3. The van der Waals surface area contributed by atoms with Crippen LogP contribution in [0.1, 0.15) is 26.4 Å². The van der Waals surface area contributed by atoms with Crippen LogP contribution in [0.5, 0.6) is 0 Å². The molecule has 8 nitrogen and oxygen atoms in total. The molecule has 2 aromatic heterocycles. The molecule has 4 aromatic rings. The number of carboxylic acids is 1. The number of hydrogen-bond acceptors (Lipinski definition) is 6. The van der Waals surface area contributed by atoms with Gasteiger partial charge in [0, 0.05) is 18.0 Å². The molecule has 0 atom stereocenters. The van der Waals surface area contributed by atoms with Gasteiger partial charge in [-0.3, -0.25) is 9.78 Å². The number of benzene rings is 2. The molecule has 8 heteroatoms. The normalized spacial score (nSPS) is 11.0. The molecule has 0 aliphatic carbocycles. The lowest BCUT2D eigenvalue weighted by Crippen LogP contribution is -2.15. The summed E-state index contributed by atoms with van der Waals surface area (Å²) in [6, 6.07) is 18.7. The van der Waals surface area contributed by atoms with Crippen molar-refractivity contribution >= 4 is 23.3 Å². The number of carbonyl (C=O) groups is 2. The van der Waals surface area contributed by atoms with Crippen molar-refractivity contribution in [2.75, 3.05) is 0 Å². The van der Waals surface area contributed by atoms with Gasteiger partial charge in [0.15, 0.2) is 0 Å². The number of carbonyl (C=O) groups excluding carboxylic acids is 1. The van der Waals surface area contributed by atoms with E-state index in [0.29, 0.717) is 28.3 Å². The van der Waals surface area contributed by atoms with E-state index in [4.69, 9.17) is 5.11 Å². The van der Waals surface area contributed by atoms with Gasteiger partial charge in [0.25, 0.3) is 5.91 Å². The van der Waals surface area contributed by atoms with E-state index >= 15 is 0 Å². The Hall–Kier alpha value is -4.46. The number of pyridine rings is 1. The third-order valence-corrected chi connectivity index (χ3v) is 4.56. The van der Waals surface area contributed by atoms with Crippen LogP contribution in [-0.2, 0) is 0 Å². The molecule has 4 rings (SSSR count). The topological polar surface area (TPSA) is 110 Å². The molecule has 2 aromatic carbocycles. The van der Waals surface area contributed by atoms with Gasteiger partial charge in [-0.05, 0) is 43.3 Å². The van der Waals surface area contributed by atoms with E-state index in [1.165, 1.54) is 23.0 Å². The summed E-state index contributed by atoms with van der Waals surface area (Å²) in [6.45, 7) is 1.75. The fourth-order valence-electron chi connectivity index (χ4n) is 3.03. The average molecular weight is 411 g/mol. The Morgan fingerprint density at radius 1 is 0.903 bits per heavy atom. The third kappa shape index (κ3) is 4.13. The maximum absolute atomic E-state index is 13.1. The molecule has 2 heterocycles. The molecule has 0 radical (unpaired) electrons. The maximum atomic E-state index is 13.1. The van der Waals surface area contributed by atoms with Crippen molar-refractivity contribution in [1.82, 2.24) is 14.8 Å². The number of hydrogen-bond donors (Lipinski definition) is 1. The second kappa shape index (κ2) is 8.50. The van der Waals surface area contributed by atoms with Crippen molar-refractivity contribution in [2.45, 2.75) is 6.92 Å². The van der Waals surface area contributed by atoms with Crippen molar-refractivity contribution in [1.29, 1.82) is 0 Å². The molecule has 0 fully saturated rings. The Kier molecular flexibility index (Phi) is 5.44. The zero-order valence-electron chi connectivity index (χ0n) is 16.5. The first-order valence-electron chi connectivity index (χ1n) is 9.39. The zero-order chi connectivity index (χ0) is 21.8. The van der Waals surface area contributed by atoms with E-state index in [1.807, 2.05) is 30.3 Å². The SMILES string of the molecule is Cc1nn(C(=O)c2cccnc2)c(-c2ccccc2)c1N=Nc1ccc(C(=O)O)cc1. The van der Waals surface area contributed by atoms with E-state index in [2.05, 4.69) is 20.3 Å². The summed E-state index contributed by atoms with van der Waals surface area (Å²) in [6.07, 6.45) is 3.08. The molecule has 0 bridgehead atoms. The van der Waals surface area contributed by atoms with Crippen LogP contribution >= 0.6 is 0 Å². The van der Waals surface area contributed by atoms with Gasteiger partial charge < -0.3 is 5.11 Å². The van der Waals surface area contributed by atoms with Gasteiger partial charge in [0.05, 0.1) is 22.5 Å². The van der Waals surface area contributed by atoms with Crippen molar-refractivity contribution in [2.24, 2.45) is 10.2 Å². The molecule has 31 heavy (non-hydrogen) atoms. The fraction of sp³-hybridized carbons (Fsp3) is 0.0435. The van der Waals surface area contributed by atoms with E-state index in [1.54, 1.807) is 37.4 Å². The highest BCUT2D eigenvalue weighted by Gasteiger charge is 2.22. The lowest BCUT2D eigenvalue weighted by atomic mass is 10.1. The smallest absolute Gasteiger partial charge is 0.335 e. The van der Waals surface area contributed by atoms with Gasteiger partial charge >= 0.3 is 5.97 Å². The van der Waals surface area contributed by atoms with Crippen LogP contribution in [0.3, 0.4) is 0 Å². The van der Waals surface area contributed by atoms with Crippen molar-refractivity contribution in [3.8, 4) is 11.3 Å². The molecule has 0 saturated heterocycles. The minimum Gasteiger partial charge on any atom is -0.478 e. The number of carboxylic acid groups (broad SMARTS) is 1. The highest BCUT2D eigenvalue weighted by molar-refractivity contribution is 5.99. The summed E-state index contributed by atoms with van der Waals surface area (Å²) in [7, 11) is 0. The Morgan fingerprint density at radius 2 is 1.65 bits per heavy atom. The lowest BCUT2D eigenvalue weighted by molar-refractivity contribution is 0.0696. The summed E-state index contributed by atoms with van der Waals surface area (Å²) in [5.74, 6) is -1.34. The first kappa shape index (κ1) is 19.8. The second-order valence-electron chi connectivity index (χ2n) is 6.66. The van der Waals surface area contributed by atoms with Crippen LogP contribution in [0.2, 0.25) is 0 Å². The van der Waals surface area contributed by atoms with Gasteiger partial charge in [-0.2, -0.15) is 14.9 Å². The van der Waals surface area contributed by atoms with Gasteiger partial charge in [-0.1, -0.05) is 30.3 Å². The minimum absolute atomic E-state index is 0.162. The highest BCUT2D eigenvalue weighted by Crippen LogP contribution is 2.35. The molecule has 0 amide bonds. The van der Waals surface area contributed by atoms with E-state index < -0.39 is 5.97 Å². The summed E-state index contributed by atoms with van der Waals surface area (Å²) >= 11 is 0. The molecule has 152 valence electrons. The second-order valence-corrected chi connectivity index (χ2v) is 6.66. The van der Waals surface area contributed by atoms with Crippen LogP contribution in [0.4, 0.5) is 11.4 Å². The molecule has 0 unspecified atom stereocenters. The van der Waals surface area contributed by atoms with Crippen molar-refractivity contribution in [3.63, 3.8) is 0 Å². The summed E-state index contributed by atoms with van der Waals surface area (Å²) in [5, 5.41) is 22.0. The van der Waals surface area contributed by atoms with Crippen LogP contribution in [-0.4, -0.2) is 31.7 Å². The largest absolute Gasteiger partial charge is 0.478 e. The maximum Gasteiger partial charge on any atom is 0.335 e. The van der Waals surface area contributed by atoms with E-state index in [-0.39, 0.29) is 11.5 Å². The molecule has 0 spiro atoms. The van der Waals surface area contributed by atoms with Crippen LogP contribution in [0, 0.1) is 6.92 Å². The first-order valence-corrected chi connectivity index (χ1v) is 9.39. The number of rotatable bonds is 5. The fourth-order valence-corrected chi connectivity index (χ4v) is 3.03. The Morgan fingerprint density at radius 3 is 2.29 bits per heavy atom. The van der Waals surface area contributed by atoms with Gasteiger partial charge in [0.2, 0.25) is 0 Å². The highest BCUT2D eigenvalue weighted by atomic mass is 16.4. The summed E-state index contributed by atoms with van der Waals surface area (Å²) < 4.78 is 1.31. The number of aryl methyl sites for hydroxylation is 1. The summed E-state index contributed by atoms with van der Waals surface area (Å²) in [4.78, 5) is 28.1. The number of aromatic nitrogens is 3. The number of nitrogens with zero attached hydrogens (tertiary/aromatic N) is 5. The van der Waals surface area contributed by atoms with Crippen LogP contribution < -0.4 is 0 Å². The van der Waals surface area contributed by atoms with Crippen molar-refractivity contribution in [3.05, 3.63) is 95.9 Å². The Balaban J connectivity index is 1.80. The minimum atomic E-state index is -1.01. The van der Waals surface area contributed by atoms with E-state index in [0.717, 1.165) is 5.56 Å². The average Bonchev–Trinajstić information content (AvgIpc) is 3.14. The monoisotopic (exact) mass is 411 g/mol. The quantitative estimate of drug-likeness (QED) is 0.462. The van der Waals surface area contributed by atoms with Crippen LogP contribution in [0.25, 0.3) is 11.3 Å². The summed E-state index contributed by atoms with van der Waals surface area (Å²) in [5.41, 5.74) is 3.29. The number of azo groups is 1. The van der Waals surface area contributed by atoms with Gasteiger partial charge in [-0.15, -0.1) is 5.11 Å². The molecule has 1 N–H and O–H groups in total. The first-order chi connectivity index (χ1) is 15.0. The van der Waals surface area contributed by atoms with Gasteiger partial charge in [-0.25, -0.2) is 4.79 Å². The molecule has 0 aliphatic rings. The molecule has 0 saturated carbocycles. The predicted molar refractivity (Wildman–Crippen MR) is 114 cm³/mol.